The molecule has 3 heterocycles. The lowest BCUT2D eigenvalue weighted by molar-refractivity contribution is -0.140. The van der Waals surface area contributed by atoms with Crippen molar-refractivity contribution in [2.45, 2.75) is 40.0 Å². The van der Waals surface area contributed by atoms with Gasteiger partial charge >= 0.3 is 17.9 Å². The Kier molecular flexibility index (Phi) is 10.8. The number of benzene rings is 3. The minimum atomic E-state index is -0.720. The molecule has 0 atom stereocenters. The van der Waals surface area contributed by atoms with Crippen LogP contribution in [0.5, 0.6) is 23.0 Å². The first-order valence-corrected chi connectivity index (χ1v) is 17.1. The number of carbonyl (C=O) groups excluding carboxylic acids is 3. The fraction of sp³-hybridized carbons (Fsp3) is 0.462. The Labute approximate surface area is 292 Å². The molecular formula is C39H44O11. The lowest BCUT2D eigenvalue weighted by Crippen LogP contribution is -2.46. The van der Waals surface area contributed by atoms with Crippen LogP contribution in [-0.4, -0.2) is 77.4 Å². The topological polar surface area (TPSA) is 125 Å². The largest absolute Gasteiger partial charge is 0.493 e. The van der Waals surface area contributed by atoms with Crippen LogP contribution in [0.1, 0.15) is 71.1 Å². The summed E-state index contributed by atoms with van der Waals surface area (Å²) in [5.74, 6) is -0.727. The Hall–Kier alpha value is -4.45. The van der Waals surface area contributed by atoms with Crippen LogP contribution in [0, 0.1) is 16.2 Å². The molecule has 3 aromatic rings. The molecule has 11 heteroatoms. The highest BCUT2D eigenvalue weighted by Crippen LogP contribution is 2.35. The molecule has 3 fully saturated rings. The van der Waals surface area contributed by atoms with Gasteiger partial charge in [-0.15, -0.1) is 0 Å². The van der Waals surface area contributed by atoms with Crippen molar-refractivity contribution in [2.24, 2.45) is 16.2 Å². The predicted molar refractivity (Wildman–Crippen MR) is 181 cm³/mol. The Balaban J connectivity index is 1.12. The number of hydrogen-bond acceptors (Lipinski definition) is 11. The second-order valence-corrected chi connectivity index (χ2v) is 13.7. The molecule has 6 rings (SSSR count). The summed E-state index contributed by atoms with van der Waals surface area (Å²) in [4.78, 5) is 39.7. The molecule has 0 bridgehead atoms. The van der Waals surface area contributed by atoms with Gasteiger partial charge in [-0.1, -0.05) is 20.8 Å². The lowest BCUT2D eigenvalue weighted by Gasteiger charge is -2.40. The summed E-state index contributed by atoms with van der Waals surface area (Å²) in [6.07, 6.45) is 2.68. The molecule has 11 nitrogen and oxygen atoms in total. The quantitative estimate of drug-likeness (QED) is 0.124. The van der Waals surface area contributed by atoms with Crippen LogP contribution in [-0.2, 0) is 18.9 Å². The average molecular weight is 689 g/mol. The predicted octanol–water partition coefficient (Wildman–Crippen LogP) is 6.32. The Morgan fingerprint density at radius 2 is 0.960 bits per heavy atom. The average Bonchev–Trinajstić information content (AvgIpc) is 3.08. The highest BCUT2D eigenvalue weighted by atomic mass is 16.6. The van der Waals surface area contributed by atoms with E-state index in [2.05, 4.69) is 13.8 Å². The fourth-order valence-electron chi connectivity index (χ4n) is 5.63. The summed E-state index contributed by atoms with van der Waals surface area (Å²) in [5, 5.41) is 0. The summed E-state index contributed by atoms with van der Waals surface area (Å²) in [7, 11) is 0. The second kappa shape index (κ2) is 15.2. The molecule has 0 saturated carbocycles. The highest BCUT2D eigenvalue weighted by Gasteiger charge is 2.40. The van der Waals surface area contributed by atoms with Gasteiger partial charge < -0.3 is 37.9 Å². The van der Waals surface area contributed by atoms with Gasteiger partial charge in [-0.05, 0) is 86.0 Å². The zero-order valence-electron chi connectivity index (χ0n) is 28.8. The van der Waals surface area contributed by atoms with Gasteiger partial charge in [0.1, 0.15) is 35.2 Å². The van der Waals surface area contributed by atoms with E-state index in [1.165, 1.54) is 18.2 Å². The molecule has 0 amide bonds. The molecule has 0 aliphatic carbocycles. The van der Waals surface area contributed by atoms with Crippen molar-refractivity contribution in [1.29, 1.82) is 0 Å². The molecule has 0 spiro atoms. The van der Waals surface area contributed by atoms with E-state index in [-0.39, 0.29) is 45.5 Å². The van der Waals surface area contributed by atoms with E-state index < -0.39 is 17.9 Å². The van der Waals surface area contributed by atoms with E-state index in [4.69, 9.17) is 37.9 Å². The smallest absolute Gasteiger partial charge is 0.343 e. The van der Waals surface area contributed by atoms with Crippen molar-refractivity contribution in [3.8, 4) is 23.0 Å². The molecule has 0 N–H and O–H groups in total. The lowest BCUT2D eigenvalue weighted by atomic mass is 9.84. The van der Waals surface area contributed by atoms with Gasteiger partial charge in [0.2, 0.25) is 0 Å². The minimum Gasteiger partial charge on any atom is -0.493 e. The number of carbonyl (C=O) groups is 3. The van der Waals surface area contributed by atoms with E-state index >= 15 is 0 Å². The van der Waals surface area contributed by atoms with Gasteiger partial charge in [-0.25, -0.2) is 14.4 Å². The van der Waals surface area contributed by atoms with Crippen LogP contribution < -0.4 is 18.9 Å². The monoisotopic (exact) mass is 688 g/mol. The molecule has 50 heavy (non-hydrogen) atoms. The summed E-state index contributed by atoms with van der Waals surface area (Å²) in [6, 6.07) is 17.5. The van der Waals surface area contributed by atoms with E-state index in [0.29, 0.717) is 69.9 Å². The minimum absolute atomic E-state index is 0.0225. The third-order valence-corrected chi connectivity index (χ3v) is 10.1. The van der Waals surface area contributed by atoms with Gasteiger partial charge in [0.25, 0.3) is 0 Å². The van der Waals surface area contributed by atoms with Crippen LogP contribution in [0.2, 0.25) is 0 Å². The highest BCUT2D eigenvalue weighted by molar-refractivity contribution is 5.97. The van der Waals surface area contributed by atoms with Gasteiger partial charge in [0.05, 0.1) is 80.2 Å². The molecule has 266 valence electrons. The standard InChI is InChI=1S/C39H44O11/c1-4-37(18-43-19-37)24-46-29-11-7-27(8-12-29)34(40)49-31-15-16-33(32(17-31)36(42)48-26-39(6-3)22-45-23-39)50-35(41)28-9-13-30(14-10-28)47-25-38(5-2)20-44-21-38/h7-17H,4-6,18-26H2,1-3H3. The van der Waals surface area contributed by atoms with Crippen LogP contribution in [0.15, 0.2) is 66.7 Å². The first-order valence-electron chi connectivity index (χ1n) is 17.1. The number of hydrogen-bond donors (Lipinski definition) is 0. The third kappa shape index (κ3) is 7.96. The SMILES string of the molecule is CCC1(COC(=O)c2cc(OC(=O)c3ccc(OCC4(CC)COC4)cc3)ccc2OC(=O)c2ccc(OCC3(CC)COC3)cc2)COC1. The zero-order valence-corrected chi connectivity index (χ0v) is 28.8. The van der Waals surface area contributed by atoms with Gasteiger partial charge in [-0.3, -0.25) is 0 Å². The van der Waals surface area contributed by atoms with Crippen molar-refractivity contribution in [3.05, 3.63) is 83.4 Å². The molecule has 3 saturated heterocycles. The number of ether oxygens (including phenoxy) is 8. The van der Waals surface area contributed by atoms with Gasteiger partial charge in [0.15, 0.2) is 0 Å². The molecular weight excluding hydrogens is 644 g/mol. The van der Waals surface area contributed by atoms with Crippen molar-refractivity contribution in [1.82, 2.24) is 0 Å². The van der Waals surface area contributed by atoms with Gasteiger partial charge in [0, 0.05) is 0 Å². The number of esters is 3. The normalized spacial score (nSPS) is 18.0. The summed E-state index contributed by atoms with van der Waals surface area (Å²) < 4.78 is 44.9. The summed E-state index contributed by atoms with van der Waals surface area (Å²) in [6.45, 7) is 11.1. The first-order chi connectivity index (χ1) is 24.2. The summed E-state index contributed by atoms with van der Waals surface area (Å²) in [5.41, 5.74) is 0.289. The first kappa shape index (κ1) is 35.4. The van der Waals surface area contributed by atoms with Crippen molar-refractivity contribution in [2.75, 3.05) is 59.5 Å². The molecule has 3 aromatic carbocycles. The molecule has 0 radical (unpaired) electrons. The molecule has 0 aromatic heterocycles. The maximum Gasteiger partial charge on any atom is 0.343 e. The van der Waals surface area contributed by atoms with Crippen LogP contribution in [0.3, 0.4) is 0 Å². The van der Waals surface area contributed by atoms with E-state index in [1.54, 1.807) is 48.5 Å². The van der Waals surface area contributed by atoms with Gasteiger partial charge in [-0.2, -0.15) is 0 Å². The van der Waals surface area contributed by atoms with Crippen LogP contribution in [0.25, 0.3) is 0 Å². The molecule has 3 aliphatic rings. The van der Waals surface area contributed by atoms with Crippen molar-refractivity contribution in [3.63, 3.8) is 0 Å². The Morgan fingerprint density at radius 1 is 0.540 bits per heavy atom. The van der Waals surface area contributed by atoms with Crippen LogP contribution >= 0.6 is 0 Å². The summed E-state index contributed by atoms with van der Waals surface area (Å²) >= 11 is 0. The van der Waals surface area contributed by atoms with E-state index in [9.17, 15) is 14.4 Å². The number of rotatable bonds is 16. The zero-order chi connectivity index (χ0) is 35.2. The van der Waals surface area contributed by atoms with Crippen LogP contribution in [0.4, 0.5) is 0 Å². The molecule has 3 aliphatic heterocycles. The molecule has 0 unspecified atom stereocenters. The van der Waals surface area contributed by atoms with E-state index in [1.807, 2.05) is 6.92 Å². The maximum absolute atomic E-state index is 13.4. The van der Waals surface area contributed by atoms with Crippen molar-refractivity contribution < 1.29 is 52.3 Å². The maximum atomic E-state index is 13.4. The van der Waals surface area contributed by atoms with E-state index in [0.717, 1.165) is 19.3 Å². The second-order valence-electron chi connectivity index (χ2n) is 13.7. The Morgan fingerprint density at radius 3 is 1.38 bits per heavy atom. The fourth-order valence-corrected chi connectivity index (χ4v) is 5.63. The third-order valence-electron chi connectivity index (χ3n) is 10.1. The van der Waals surface area contributed by atoms with Crippen molar-refractivity contribution >= 4 is 17.9 Å². The Bertz CT molecular complexity index is 1640.